The van der Waals surface area contributed by atoms with Crippen LogP contribution in [-0.4, -0.2) is 41.9 Å². The maximum atomic E-state index is 13.4. The van der Waals surface area contributed by atoms with Gasteiger partial charge in [-0.3, -0.25) is 9.69 Å². The molecule has 32 heavy (non-hydrogen) atoms. The molecule has 0 N–H and O–H groups in total. The molecule has 1 heterocycles. The zero-order valence-corrected chi connectivity index (χ0v) is 19.8. The van der Waals surface area contributed by atoms with Gasteiger partial charge in [0.1, 0.15) is 18.2 Å². The first kappa shape index (κ1) is 22.8. The van der Waals surface area contributed by atoms with E-state index >= 15 is 0 Å². The Balaban J connectivity index is 1.28. The molecule has 0 aliphatic carbocycles. The summed E-state index contributed by atoms with van der Waals surface area (Å²) < 4.78 is 20.1. The second kappa shape index (κ2) is 10.5. The van der Waals surface area contributed by atoms with E-state index in [1.54, 1.807) is 18.2 Å². The van der Waals surface area contributed by atoms with Crippen molar-refractivity contribution in [3.8, 4) is 5.75 Å². The van der Waals surface area contributed by atoms with E-state index in [9.17, 15) is 9.18 Å². The molecule has 1 aliphatic rings. The minimum Gasteiger partial charge on any atom is -0.487 e. The number of hydrogen-bond acceptors (Lipinski definition) is 3. The van der Waals surface area contributed by atoms with Gasteiger partial charge in [0.05, 0.1) is 5.02 Å². The predicted molar refractivity (Wildman–Crippen MR) is 128 cm³/mol. The van der Waals surface area contributed by atoms with Crippen LogP contribution in [0.2, 0.25) is 5.02 Å². The molecule has 0 aromatic heterocycles. The van der Waals surface area contributed by atoms with E-state index in [2.05, 4.69) is 20.8 Å². The predicted octanol–water partition coefficient (Wildman–Crippen LogP) is 5.78. The van der Waals surface area contributed by atoms with Crippen molar-refractivity contribution in [2.75, 3.05) is 26.2 Å². The maximum absolute atomic E-state index is 13.4. The van der Waals surface area contributed by atoms with Crippen LogP contribution in [0.1, 0.15) is 21.5 Å². The Labute approximate surface area is 200 Å². The first-order valence-corrected chi connectivity index (χ1v) is 11.6. The zero-order chi connectivity index (χ0) is 22.5. The Morgan fingerprint density at radius 2 is 1.72 bits per heavy atom. The molecule has 0 atom stereocenters. The lowest BCUT2D eigenvalue weighted by atomic mass is 10.1. The fourth-order valence-electron chi connectivity index (χ4n) is 3.68. The molecular weight excluding hydrogens is 495 g/mol. The summed E-state index contributed by atoms with van der Waals surface area (Å²) in [7, 11) is 0. The smallest absolute Gasteiger partial charge is 0.253 e. The van der Waals surface area contributed by atoms with E-state index in [1.807, 2.05) is 47.4 Å². The van der Waals surface area contributed by atoms with Gasteiger partial charge < -0.3 is 9.64 Å². The number of nitrogens with zero attached hydrogens (tertiary/aromatic N) is 2. The Kier molecular flexibility index (Phi) is 7.45. The van der Waals surface area contributed by atoms with Crippen LogP contribution in [0.4, 0.5) is 4.39 Å². The van der Waals surface area contributed by atoms with Gasteiger partial charge in [-0.25, -0.2) is 4.39 Å². The maximum Gasteiger partial charge on any atom is 0.253 e. The molecular formula is C25H23BrClFN2O2. The molecule has 1 amide bonds. The number of benzene rings is 3. The van der Waals surface area contributed by atoms with E-state index in [0.717, 1.165) is 28.7 Å². The fourth-order valence-corrected chi connectivity index (χ4v) is 4.41. The molecule has 0 radical (unpaired) electrons. The van der Waals surface area contributed by atoms with E-state index in [0.29, 0.717) is 42.6 Å². The van der Waals surface area contributed by atoms with Crippen LogP contribution in [0.5, 0.6) is 5.75 Å². The van der Waals surface area contributed by atoms with Crippen molar-refractivity contribution in [1.82, 2.24) is 9.80 Å². The summed E-state index contributed by atoms with van der Waals surface area (Å²) >= 11 is 9.56. The van der Waals surface area contributed by atoms with Gasteiger partial charge in [-0.2, -0.15) is 0 Å². The van der Waals surface area contributed by atoms with Crippen LogP contribution >= 0.6 is 27.5 Å². The molecule has 0 saturated carbocycles. The third-order valence-corrected chi connectivity index (χ3v) is 6.23. The third kappa shape index (κ3) is 5.88. The molecule has 0 bridgehead atoms. The number of hydrogen-bond donors (Lipinski definition) is 0. The number of rotatable bonds is 6. The van der Waals surface area contributed by atoms with Crippen LogP contribution in [0.15, 0.2) is 71.2 Å². The van der Waals surface area contributed by atoms with Crippen molar-refractivity contribution in [2.45, 2.75) is 13.2 Å². The van der Waals surface area contributed by atoms with E-state index < -0.39 is 0 Å². The molecule has 4 rings (SSSR count). The second-order valence-electron chi connectivity index (χ2n) is 7.76. The quantitative estimate of drug-likeness (QED) is 0.416. The Hall–Kier alpha value is -2.41. The molecule has 0 spiro atoms. The van der Waals surface area contributed by atoms with Crippen molar-refractivity contribution in [2.24, 2.45) is 0 Å². The molecule has 3 aromatic rings. The average molecular weight is 518 g/mol. The average Bonchev–Trinajstić information content (AvgIpc) is 2.79. The van der Waals surface area contributed by atoms with Gasteiger partial charge in [0, 0.05) is 42.8 Å². The fraction of sp³-hybridized carbons (Fsp3) is 0.240. The number of ether oxygens (including phenoxy) is 1. The summed E-state index contributed by atoms with van der Waals surface area (Å²) in [5, 5.41) is 0.544. The second-order valence-corrected chi connectivity index (χ2v) is 9.08. The Morgan fingerprint density at radius 1 is 0.969 bits per heavy atom. The van der Waals surface area contributed by atoms with Gasteiger partial charge in [-0.1, -0.05) is 51.8 Å². The highest BCUT2D eigenvalue weighted by Gasteiger charge is 2.22. The number of carbonyl (C=O) groups excluding carboxylic acids is 1. The van der Waals surface area contributed by atoms with Gasteiger partial charge >= 0.3 is 0 Å². The summed E-state index contributed by atoms with van der Waals surface area (Å²) in [6, 6.07) is 19.6. The van der Waals surface area contributed by atoms with Gasteiger partial charge in [0.25, 0.3) is 5.91 Å². The molecule has 166 valence electrons. The first-order valence-electron chi connectivity index (χ1n) is 10.4. The minimum atomic E-state index is -0.218. The highest BCUT2D eigenvalue weighted by molar-refractivity contribution is 9.10. The van der Waals surface area contributed by atoms with Crippen molar-refractivity contribution in [1.29, 1.82) is 0 Å². The van der Waals surface area contributed by atoms with Crippen LogP contribution < -0.4 is 4.74 Å². The highest BCUT2D eigenvalue weighted by Crippen LogP contribution is 2.28. The van der Waals surface area contributed by atoms with Crippen molar-refractivity contribution in [3.63, 3.8) is 0 Å². The largest absolute Gasteiger partial charge is 0.487 e. The lowest BCUT2D eigenvalue weighted by Crippen LogP contribution is -2.48. The summed E-state index contributed by atoms with van der Waals surface area (Å²) in [5.41, 5.74) is 2.57. The van der Waals surface area contributed by atoms with Crippen molar-refractivity contribution >= 4 is 33.4 Å². The van der Waals surface area contributed by atoms with Gasteiger partial charge in [0.15, 0.2) is 0 Å². The highest BCUT2D eigenvalue weighted by atomic mass is 79.9. The minimum absolute atomic E-state index is 0.0267. The first-order chi connectivity index (χ1) is 15.5. The van der Waals surface area contributed by atoms with Crippen LogP contribution in [0.3, 0.4) is 0 Å². The van der Waals surface area contributed by atoms with Gasteiger partial charge in [-0.15, -0.1) is 0 Å². The third-order valence-electron chi connectivity index (χ3n) is 5.44. The summed E-state index contributed by atoms with van der Waals surface area (Å²) in [5.74, 6) is 0.426. The molecule has 4 nitrogen and oxygen atoms in total. The van der Waals surface area contributed by atoms with Crippen LogP contribution in [0, 0.1) is 5.82 Å². The monoisotopic (exact) mass is 516 g/mol. The van der Waals surface area contributed by atoms with Crippen molar-refractivity contribution < 1.29 is 13.9 Å². The molecule has 1 fully saturated rings. The zero-order valence-electron chi connectivity index (χ0n) is 17.4. The molecule has 3 aromatic carbocycles. The Morgan fingerprint density at radius 3 is 2.41 bits per heavy atom. The van der Waals surface area contributed by atoms with E-state index in [-0.39, 0.29) is 11.7 Å². The van der Waals surface area contributed by atoms with E-state index in [1.165, 1.54) is 6.07 Å². The standard InChI is InChI=1S/C25H23BrClFN2O2/c26-21-8-9-24(23(27)15-21)32-17-18-4-6-20(7-5-18)25(31)30-12-10-29(11-13-30)16-19-2-1-3-22(28)14-19/h1-9,14-15H,10-13,16-17H2. The number of piperazine rings is 1. The SMILES string of the molecule is O=C(c1ccc(COc2ccc(Br)cc2Cl)cc1)N1CCN(Cc2cccc(F)c2)CC1. The van der Waals surface area contributed by atoms with Gasteiger partial charge in [0.2, 0.25) is 0 Å². The normalized spacial score (nSPS) is 14.4. The topological polar surface area (TPSA) is 32.8 Å². The summed E-state index contributed by atoms with van der Waals surface area (Å²) in [6.07, 6.45) is 0. The molecule has 0 unspecified atom stereocenters. The number of carbonyl (C=O) groups is 1. The molecule has 7 heteroatoms. The summed E-state index contributed by atoms with van der Waals surface area (Å²) in [4.78, 5) is 17.0. The van der Waals surface area contributed by atoms with Crippen LogP contribution in [0.25, 0.3) is 0 Å². The number of amides is 1. The summed E-state index contributed by atoms with van der Waals surface area (Å²) in [6.45, 7) is 3.90. The molecule has 1 saturated heterocycles. The number of halogens is 3. The molecule has 1 aliphatic heterocycles. The van der Waals surface area contributed by atoms with E-state index in [4.69, 9.17) is 16.3 Å². The Bertz CT molecular complexity index is 1090. The van der Waals surface area contributed by atoms with Crippen LogP contribution in [-0.2, 0) is 13.2 Å². The lowest BCUT2D eigenvalue weighted by molar-refractivity contribution is 0.0628. The van der Waals surface area contributed by atoms with Gasteiger partial charge in [-0.05, 0) is 53.6 Å². The lowest BCUT2D eigenvalue weighted by Gasteiger charge is -2.34. The van der Waals surface area contributed by atoms with Crippen molar-refractivity contribution in [3.05, 3.63) is 98.7 Å².